The molecule has 1 atom stereocenters. The van der Waals surface area contributed by atoms with E-state index in [9.17, 15) is 0 Å². The fourth-order valence-electron chi connectivity index (χ4n) is 2.37. The quantitative estimate of drug-likeness (QED) is 0.595. The number of benzene rings is 1. The third-order valence-corrected chi connectivity index (χ3v) is 3.23. The van der Waals surface area contributed by atoms with Gasteiger partial charge in [0.2, 0.25) is 0 Å². The van der Waals surface area contributed by atoms with Crippen LogP contribution in [0.3, 0.4) is 0 Å². The van der Waals surface area contributed by atoms with Crippen molar-refractivity contribution >= 4 is 11.4 Å². The number of piperazine rings is 1. The van der Waals surface area contributed by atoms with Crippen LogP contribution in [0.2, 0.25) is 0 Å². The predicted molar refractivity (Wildman–Crippen MR) is 70.0 cm³/mol. The second-order valence-corrected chi connectivity index (χ2v) is 4.54. The number of nitrogen functional groups attached to an aromatic ring is 1. The van der Waals surface area contributed by atoms with E-state index in [0.29, 0.717) is 18.0 Å². The van der Waals surface area contributed by atoms with Gasteiger partial charge in [-0.3, -0.25) is 5.73 Å². The number of hydrogen-bond acceptors (Lipinski definition) is 6. The van der Waals surface area contributed by atoms with Crippen molar-refractivity contribution in [3.05, 3.63) is 12.1 Å². The normalized spacial score (nSPS) is 22.9. The van der Waals surface area contributed by atoms with Crippen molar-refractivity contribution in [2.24, 2.45) is 5.73 Å². The molecule has 0 spiro atoms. The monoisotopic (exact) mass is 250 g/mol. The Morgan fingerprint density at radius 3 is 2.83 bits per heavy atom. The molecule has 0 aromatic heterocycles. The van der Waals surface area contributed by atoms with Gasteiger partial charge in [-0.2, -0.15) is 0 Å². The minimum Gasteiger partial charge on any atom is -0.484 e. The Bertz CT molecular complexity index is 446. The van der Waals surface area contributed by atoms with Crippen LogP contribution in [0.25, 0.3) is 0 Å². The number of rotatable bonds is 1. The summed E-state index contributed by atoms with van der Waals surface area (Å²) in [6.45, 7) is 4.06. The average molecular weight is 250 g/mol. The number of anilines is 2. The van der Waals surface area contributed by atoms with Crippen molar-refractivity contribution in [2.45, 2.75) is 6.23 Å². The van der Waals surface area contributed by atoms with Crippen LogP contribution in [0.1, 0.15) is 0 Å². The van der Waals surface area contributed by atoms with Gasteiger partial charge in [0.15, 0.2) is 17.7 Å². The molecule has 0 aliphatic carbocycles. The maximum absolute atomic E-state index is 6.08. The maximum Gasteiger partial charge on any atom is 0.189 e. The van der Waals surface area contributed by atoms with Gasteiger partial charge in [-0.25, -0.2) is 0 Å². The highest BCUT2D eigenvalue weighted by atomic mass is 16.6. The summed E-state index contributed by atoms with van der Waals surface area (Å²) in [6.07, 6.45) is -0.430. The van der Waals surface area contributed by atoms with Crippen LogP contribution >= 0.6 is 0 Å². The van der Waals surface area contributed by atoms with E-state index >= 15 is 0 Å². The summed E-state index contributed by atoms with van der Waals surface area (Å²) >= 11 is 0. The van der Waals surface area contributed by atoms with Crippen LogP contribution in [0, 0.1) is 0 Å². The molecule has 6 heteroatoms. The smallest absolute Gasteiger partial charge is 0.189 e. The zero-order valence-electron chi connectivity index (χ0n) is 10.2. The largest absolute Gasteiger partial charge is 0.484 e. The molecule has 98 valence electrons. The fraction of sp³-hybridized carbons (Fsp3) is 0.500. The SMILES string of the molecule is Nc1ccc2c(c1N1CCNCC1)OC(N)CO2. The van der Waals surface area contributed by atoms with Gasteiger partial charge in [0.05, 0.1) is 5.69 Å². The van der Waals surface area contributed by atoms with E-state index in [1.54, 1.807) is 0 Å². The zero-order valence-corrected chi connectivity index (χ0v) is 10.2. The number of ether oxygens (including phenoxy) is 2. The summed E-state index contributed by atoms with van der Waals surface area (Å²) in [5, 5.41) is 3.31. The molecule has 0 bridgehead atoms. The molecular weight excluding hydrogens is 232 g/mol. The number of hydrogen-bond donors (Lipinski definition) is 3. The van der Waals surface area contributed by atoms with Crippen LogP contribution in [-0.4, -0.2) is 39.0 Å². The molecule has 0 radical (unpaired) electrons. The number of nitrogens with zero attached hydrogens (tertiary/aromatic N) is 1. The number of nitrogens with two attached hydrogens (primary N) is 2. The fourth-order valence-corrected chi connectivity index (χ4v) is 2.37. The van der Waals surface area contributed by atoms with Crippen molar-refractivity contribution in [2.75, 3.05) is 43.4 Å². The van der Waals surface area contributed by atoms with Gasteiger partial charge in [0.25, 0.3) is 0 Å². The Labute approximate surface area is 106 Å². The standard InChI is InChI=1S/C12H18N4O2/c13-8-1-2-9-12(18-10(14)7-17-9)11(8)16-5-3-15-4-6-16/h1-2,10,15H,3-7,13-14H2. The van der Waals surface area contributed by atoms with Crippen molar-refractivity contribution in [3.63, 3.8) is 0 Å². The highest BCUT2D eigenvalue weighted by molar-refractivity contribution is 5.79. The molecule has 1 saturated heterocycles. The summed E-state index contributed by atoms with van der Waals surface area (Å²) in [5.74, 6) is 1.40. The lowest BCUT2D eigenvalue weighted by molar-refractivity contribution is 0.0963. The minimum absolute atomic E-state index is 0.373. The first kappa shape index (κ1) is 11.4. The van der Waals surface area contributed by atoms with Crippen LogP contribution in [0.5, 0.6) is 11.5 Å². The van der Waals surface area contributed by atoms with Crippen molar-refractivity contribution < 1.29 is 9.47 Å². The molecule has 0 amide bonds. The molecule has 6 nitrogen and oxygen atoms in total. The van der Waals surface area contributed by atoms with E-state index in [2.05, 4.69) is 10.2 Å². The zero-order chi connectivity index (χ0) is 12.5. The molecular formula is C12H18N4O2. The Hall–Kier alpha value is -1.66. The van der Waals surface area contributed by atoms with E-state index < -0.39 is 6.23 Å². The Morgan fingerprint density at radius 2 is 2.06 bits per heavy atom. The molecule has 18 heavy (non-hydrogen) atoms. The van der Waals surface area contributed by atoms with Gasteiger partial charge in [-0.15, -0.1) is 0 Å². The lowest BCUT2D eigenvalue weighted by Gasteiger charge is -2.34. The summed E-state index contributed by atoms with van der Waals surface area (Å²) < 4.78 is 11.3. The van der Waals surface area contributed by atoms with Crippen molar-refractivity contribution in [1.82, 2.24) is 5.32 Å². The van der Waals surface area contributed by atoms with Gasteiger partial charge in [-0.1, -0.05) is 0 Å². The summed E-state index contributed by atoms with van der Waals surface area (Å²) in [5.41, 5.74) is 13.5. The van der Waals surface area contributed by atoms with Gasteiger partial charge in [0.1, 0.15) is 12.3 Å². The van der Waals surface area contributed by atoms with E-state index in [1.807, 2.05) is 12.1 Å². The van der Waals surface area contributed by atoms with Gasteiger partial charge in [-0.05, 0) is 12.1 Å². The maximum atomic E-state index is 6.08. The molecule has 1 aromatic rings. The molecule has 2 heterocycles. The molecule has 1 fully saturated rings. The molecule has 1 aromatic carbocycles. The Balaban J connectivity index is 2.01. The molecule has 1 unspecified atom stereocenters. The van der Waals surface area contributed by atoms with E-state index in [-0.39, 0.29) is 0 Å². The summed E-state index contributed by atoms with van der Waals surface area (Å²) in [4.78, 5) is 2.21. The predicted octanol–water partition coefficient (Wildman–Crippen LogP) is -0.266. The average Bonchev–Trinajstić information content (AvgIpc) is 2.39. The van der Waals surface area contributed by atoms with Gasteiger partial charge < -0.3 is 25.4 Å². The lowest BCUT2D eigenvalue weighted by Crippen LogP contribution is -2.44. The first-order valence-electron chi connectivity index (χ1n) is 6.19. The third kappa shape index (κ3) is 1.93. The van der Waals surface area contributed by atoms with Crippen LogP contribution in [0.15, 0.2) is 12.1 Å². The number of nitrogens with one attached hydrogen (secondary N) is 1. The lowest BCUT2D eigenvalue weighted by atomic mass is 10.2. The molecule has 2 aliphatic rings. The first-order chi connectivity index (χ1) is 8.75. The minimum atomic E-state index is -0.430. The van der Waals surface area contributed by atoms with Crippen LogP contribution in [-0.2, 0) is 0 Å². The van der Waals surface area contributed by atoms with Crippen LogP contribution in [0.4, 0.5) is 11.4 Å². The number of fused-ring (bicyclic) bond motifs is 1. The third-order valence-electron chi connectivity index (χ3n) is 3.23. The second-order valence-electron chi connectivity index (χ2n) is 4.54. The van der Waals surface area contributed by atoms with Crippen molar-refractivity contribution in [3.8, 4) is 11.5 Å². The van der Waals surface area contributed by atoms with Crippen LogP contribution < -0.4 is 31.2 Å². The van der Waals surface area contributed by atoms with E-state index in [1.165, 1.54) is 0 Å². The van der Waals surface area contributed by atoms with E-state index in [4.69, 9.17) is 20.9 Å². The van der Waals surface area contributed by atoms with Crippen molar-refractivity contribution in [1.29, 1.82) is 0 Å². The van der Waals surface area contributed by atoms with Gasteiger partial charge in [0, 0.05) is 26.2 Å². The van der Waals surface area contributed by atoms with Gasteiger partial charge >= 0.3 is 0 Å². The Kier molecular flexibility index (Phi) is 2.89. The topological polar surface area (TPSA) is 85.8 Å². The van der Waals surface area contributed by atoms with E-state index in [0.717, 1.165) is 37.6 Å². The Morgan fingerprint density at radius 1 is 1.28 bits per heavy atom. The highest BCUT2D eigenvalue weighted by Gasteiger charge is 2.26. The molecule has 0 saturated carbocycles. The summed E-state index contributed by atoms with van der Waals surface area (Å²) in [7, 11) is 0. The highest BCUT2D eigenvalue weighted by Crippen LogP contribution is 2.44. The molecule has 2 aliphatic heterocycles. The molecule has 3 rings (SSSR count). The second kappa shape index (κ2) is 4.55. The summed E-state index contributed by atoms with van der Waals surface area (Å²) in [6, 6.07) is 3.69. The molecule has 5 N–H and O–H groups in total. The first-order valence-corrected chi connectivity index (χ1v) is 6.19.